The average Bonchev–Trinajstić information content (AvgIpc) is 2.97. The molecule has 28 heavy (non-hydrogen) atoms. The largest absolute Gasteiger partial charge is 0.477 e. The lowest BCUT2D eigenvalue weighted by Gasteiger charge is -2.09. The second-order valence-electron chi connectivity index (χ2n) is 6.05. The summed E-state index contributed by atoms with van der Waals surface area (Å²) in [5.74, 6) is -0.0366. The van der Waals surface area contributed by atoms with Crippen LogP contribution in [0.5, 0.6) is 5.88 Å². The predicted octanol–water partition coefficient (Wildman–Crippen LogP) is 3.56. The number of carbonyl (C=O) groups is 1. The third-order valence-corrected chi connectivity index (χ3v) is 5.61. The molecule has 11 heteroatoms. The summed E-state index contributed by atoms with van der Waals surface area (Å²) in [4.78, 5) is 10.6. The van der Waals surface area contributed by atoms with Gasteiger partial charge in [0.2, 0.25) is 15.9 Å². The average molecular weight is 450 g/mol. The number of nitrogens with one attached hydrogen (secondary N) is 1. The Labute approximate surface area is 173 Å². The molecule has 0 fully saturated rings. The number of unbranched alkanes of at least 4 members (excludes halogenated alkanes) is 1. The van der Waals surface area contributed by atoms with Gasteiger partial charge < -0.3 is 9.84 Å². The zero-order valence-corrected chi connectivity index (χ0v) is 17.5. The maximum absolute atomic E-state index is 11.8. The molecule has 1 aromatic heterocycles. The van der Waals surface area contributed by atoms with Crippen LogP contribution in [0, 0.1) is 0 Å². The highest BCUT2D eigenvalue weighted by molar-refractivity contribution is 7.90. The van der Waals surface area contributed by atoms with Crippen LogP contribution in [0.4, 0.5) is 4.79 Å². The number of carboxylic acid groups (broad SMARTS) is 1. The number of halogens is 2. The molecule has 1 aromatic carbocycles. The van der Waals surface area contributed by atoms with E-state index in [0.717, 1.165) is 18.4 Å². The van der Waals surface area contributed by atoms with E-state index in [1.54, 1.807) is 28.9 Å². The van der Waals surface area contributed by atoms with Crippen molar-refractivity contribution in [3.63, 3.8) is 0 Å². The molecule has 0 bridgehead atoms. The fourth-order valence-electron chi connectivity index (χ4n) is 2.39. The van der Waals surface area contributed by atoms with Gasteiger partial charge in [-0.3, -0.25) is 4.68 Å². The van der Waals surface area contributed by atoms with Crippen LogP contribution in [0.3, 0.4) is 0 Å². The number of ether oxygens (including phenoxy) is 1. The predicted molar refractivity (Wildman–Crippen MR) is 107 cm³/mol. The third kappa shape index (κ3) is 6.88. The zero-order valence-electron chi connectivity index (χ0n) is 15.2. The molecular formula is C17H21Cl2N3O5S. The van der Waals surface area contributed by atoms with Crippen molar-refractivity contribution in [3.05, 3.63) is 45.6 Å². The van der Waals surface area contributed by atoms with Crippen LogP contribution >= 0.6 is 23.2 Å². The third-order valence-electron chi connectivity index (χ3n) is 3.79. The molecule has 0 spiro atoms. The first-order valence-electron chi connectivity index (χ1n) is 8.57. The van der Waals surface area contributed by atoms with E-state index >= 15 is 0 Å². The molecule has 0 aliphatic rings. The molecule has 0 radical (unpaired) electrons. The Morgan fingerprint density at radius 2 is 2.07 bits per heavy atom. The molecule has 1 amide bonds. The monoisotopic (exact) mass is 449 g/mol. The fourth-order valence-corrected chi connectivity index (χ4v) is 3.71. The van der Waals surface area contributed by atoms with Crippen molar-refractivity contribution in [1.29, 1.82) is 0 Å². The quantitative estimate of drug-likeness (QED) is 0.536. The number of nitrogens with zero attached hydrogens (tertiary/aromatic N) is 2. The number of hydrogen-bond acceptors (Lipinski definition) is 5. The van der Waals surface area contributed by atoms with E-state index in [9.17, 15) is 13.2 Å². The van der Waals surface area contributed by atoms with Gasteiger partial charge >= 0.3 is 6.09 Å². The van der Waals surface area contributed by atoms with E-state index in [0.29, 0.717) is 28.2 Å². The first-order valence-corrected chi connectivity index (χ1v) is 11.0. The summed E-state index contributed by atoms with van der Waals surface area (Å²) < 4.78 is 32.3. The van der Waals surface area contributed by atoms with Crippen LogP contribution in [-0.2, 0) is 23.0 Å². The zero-order chi connectivity index (χ0) is 20.7. The van der Waals surface area contributed by atoms with Gasteiger partial charge in [0.05, 0.1) is 18.9 Å². The summed E-state index contributed by atoms with van der Waals surface area (Å²) in [5, 5.41) is 14.0. The summed E-state index contributed by atoms with van der Waals surface area (Å²) in [6, 6.07) is 6.72. The molecule has 2 aromatic rings. The minimum absolute atomic E-state index is 0.0535. The first kappa shape index (κ1) is 22.3. The maximum atomic E-state index is 11.8. The molecule has 2 N–H and O–H groups in total. The summed E-state index contributed by atoms with van der Waals surface area (Å²) in [6.45, 7) is 2.82. The Hall–Kier alpha value is -1.97. The van der Waals surface area contributed by atoms with Crippen LogP contribution in [-0.4, -0.2) is 41.8 Å². The first-order chi connectivity index (χ1) is 13.2. The topological polar surface area (TPSA) is 111 Å². The van der Waals surface area contributed by atoms with E-state index in [1.807, 2.05) is 6.92 Å². The Morgan fingerprint density at radius 3 is 2.71 bits per heavy atom. The van der Waals surface area contributed by atoms with Gasteiger partial charge in [0.25, 0.3) is 0 Å². The minimum Gasteiger partial charge on any atom is -0.477 e. The smallest absolute Gasteiger partial charge is 0.418 e. The molecule has 0 saturated heterocycles. The number of sulfonamides is 1. The van der Waals surface area contributed by atoms with Crippen LogP contribution in [0.2, 0.25) is 10.0 Å². The maximum Gasteiger partial charge on any atom is 0.418 e. The van der Waals surface area contributed by atoms with E-state index in [1.165, 1.54) is 4.72 Å². The number of aryl methyl sites for hydroxylation is 1. The number of amides is 1. The van der Waals surface area contributed by atoms with Crippen molar-refractivity contribution in [3.8, 4) is 5.88 Å². The van der Waals surface area contributed by atoms with Gasteiger partial charge in [-0.05, 0) is 24.1 Å². The van der Waals surface area contributed by atoms with Gasteiger partial charge in [-0.25, -0.2) is 17.9 Å². The van der Waals surface area contributed by atoms with Crippen molar-refractivity contribution in [2.45, 2.75) is 32.7 Å². The number of aromatic nitrogens is 2. The van der Waals surface area contributed by atoms with Gasteiger partial charge in [-0.2, -0.15) is 0 Å². The van der Waals surface area contributed by atoms with Gasteiger partial charge in [0.1, 0.15) is 0 Å². The molecule has 0 atom stereocenters. The van der Waals surface area contributed by atoms with Gasteiger partial charge in [-0.15, -0.1) is 5.10 Å². The van der Waals surface area contributed by atoms with E-state index in [4.69, 9.17) is 33.0 Å². The molecule has 0 aliphatic carbocycles. The van der Waals surface area contributed by atoms with Gasteiger partial charge in [-0.1, -0.05) is 42.6 Å². The Bertz CT molecular complexity index is 931. The Kier molecular flexibility index (Phi) is 7.97. The highest BCUT2D eigenvalue weighted by Crippen LogP contribution is 2.23. The Balaban J connectivity index is 2.22. The number of benzene rings is 1. The molecular weight excluding hydrogens is 429 g/mol. The molecule has 0 aliphatic heterocycles. The van der Waals surface area contributed by atoms with E-state index < -0.39 is 21.9 Å². The molecule has 2 rings (SSSR count). The highest BCUT2D eigenvalue weighted by Gasteiger charge is 2.17. The lowest BCUT2D eigenvalue weighted by Crippen LogP contribution is -2.32. The number of hydrogen-bond donors (Lipinski definition) is 2. The SMILES string of the molecule is CCCCOc1cc(CCS(=O)(=O)NC(=O)O)n(Cc2ccc(Cl)cc2Cl)n1. The normalized spacial score (nSPS) is 11.4. The summed E-state index contributed by atoms with van der Waals surface area (Å²) >= 11 is 12.1. The van der Waals surface area contributed by atoms with Crippen molar-refractivity contribution in [2.75, 3.05) is 12.4 Å². The van der Waals surface area contributed by atoms with Gasteiger partial charge in [0, 0.05) is 28.2 Å². The standard InChI is InChI=1S/C17H21Cl2N3O5S/c1-2-3-7-27-16-10-14(6-8-28(25,26)21-17(23)24)22(20-16)11-12-4-5-13(18)9-15(12)19/h4-5,9-10,21H,2-3,6-8,11H2,1H3,(H,23,24). The van der Waals surface area contributed by atoms with E-state index in [-0.39, 0.29) is 13.0 Å². The van der Waals surface area contributed by atoms with Crippen molar-refractivity contribution in [1.82, 2.24) is 14.5 Å². The van der Waals surface area contributed by atoms with Crippen LogP contribution in [0.1, 0.15) is 31.0 Å². The van der Waals surface area contributed by atoms with Gasteiger partial charge in [0.15, 0.2) is 0 Å². The van der Waals surface area contributed by atoms with Crippen LogP contribution in [0.25, 0.3) is 0 Å². The summed E-state index contributed by atoms with van der Waals surface area (Å²) in [5.41, 5.74) is 1.33. The summed E-state index contributed by atoms with van der Waals surface area (Å²) in [7, 11) is -3.97. The van der Waals surface area contributed by atoms with Crippen molar-refractivity contribution >= 4 is 39.3 Å². The second kappa shape index (κ2) is 9.99. The molecule has 0 saturated carbocycles. The van der Waals surface area contributed by atoms with Crippen molar-refractivity contribution < 1.29 is 23.1 Å². The molecule has 8 nitrogen and oxygen atoms in total. The highest BCUT2D eigenvalue weighted by atomic mass is 35.5. The molecule has 0 unspecified atom stereocenters. The van der Waals surface area contributed by atoms with E-state index in [2.05, 4.69) is 5.10 Å². The molecule has 1 heterocycles. The summed E-state index contributed by atoms with van der Waals surface area (Å²) in [6.07, 6.45) is 0.262. The minimum atomic E-state index is -3.97. The number of rotatable bonds is 10. The fraction of sp³-hybridized carbons (Fsp3) is 0.412. The second-order valence-corrected chi connectivity index (χ2v) is 8.73. The Morgan fingerprint density at radius 1 is 1.32 bits per heavy atom. The lowest BCUT2D eigenvalue weighted by atomic mass is 10.2. The van der Waals surface area contributed by atoms with Crippen LogP contribution in [0.15, 0.2) is 24.3 Å². The molecule has 154 valence electrons. The van der Waals surface area contributed by atoms with Crippen LogP contribution < -0.4 is 9.46 Å². The van der Waals surface area contributed by atoms with Crippen molar-refractivity contribution in [2.24, 2.45) is 0 Å². The lowest BCUT2D eigenvalue weighted by molar-refractivity contribution is 0.201.